The van der Waals surface area contributed by atoms with Gasteiger partial charge in [-0.25, -0.2) is 4.79 Å². The first kappa shape index (κ1) is 19.0. The van der Waals surface area contributed by atoms with Crippen LogP contribution >= 0.6 is 11.3 Å². The van der Waals surface area contributed by atoms with Crippen LogP contribution in [0.25, 0.3) is 0 Å². The number of nitriles is 1. The summed E-state index contributed by atoms with van der Waals surface area (Å²) in [6.07, 6.45) is 6.57. The van der Waals surface area contributed by atoms with Crippen molar-refractivity contribution in [2.24, 2.45) is 0 Å². The van der Waals surface area contributed by atoms with Crippen molar-refractivity contribution in [1.29, 1.82) is 5.26 Å². The van der Waals surface area contributed by atoms with Crippen molar-refractivity contribution in [3.05, 3.63) is 51.9 Å². The molecule has 1 aliphatic carbocycles. The van der Waals surface area contributed by atoms with Crippen molar-refractivity contribution >= 4 is 22.4 Å². The molecule has 0 bridgehead atoms. The van der Waals surface area contributed by atoms with Gasteiger partial charge in [0.15, 0.2) is 0 Å². The maximum absolute atomic E-state index is 12.4. The lowest BCUT2D eigenvalue weighted by atomic mass is 9.96. The Morgan fingerprint density at radius 2 is 2.00 bits per heavy atom. The highest BCUT2D eigenvalue weighted by Crippen LogP contribution is 2.37. The zero-order valence-corrected chi connectivity index (χ0v) is 16.9. The summed E-state index contributed by atoms with van der Waals surface area (Å²) < 4.78 is 0. The lowest BCUT2D eigenvalue weighted by molar-refractivity contribution is 0.244. The quantitative estimate of drug-likeness (QED) is 0.794. The topological polar surface area (TPSA) is 68.2 Å². The van der Waals surface area contributed by atoms with Gasteiger partial charge in [-0.3, -0.25) is 10.2 Å². The van der Waals surface area contributed by atoms with Crippen LogP contribution in [0.4, 0.5) is 9.80 Å². The van der Waals surface area contributed by atoms with E-state index in [0.29, 0.717) is 10.6 Å². The normalized spacial score (nSPS) is 17.5. The Hall–Kier alpha value is -2.36. The average molecular weight is 395 g/mol. The van der Waals surface area contributed by atoms with Crippen molar-refractivity contribution in [3.63, 3.8) is 0 Å². The Bertz CT molecular complexity index is 865. The molecule has 2 amide bonds. The van der Waals surface area contributed by atoms with Crippen LogP contribution in [0.15, 0.2) is 30.3 Å². The summed E-state index contributed by atoms with van der Waals surface area (Å²) in [6.45, 7) is 2.67. The number of carbonyl (C=O) groups excluding carboxylic acids is 1. The Kier molecular flexibility index (Phi) is 5.94. The molecule has 2 N–H and O–H groups in total. The van der Waals surface area contributed by atoms with Crippen LogP contribution in [0.5, 0.6) is 0 Å². The van der Waals surface area contributed by atoms with E-state index in [0.717, 1.165) is 44.5 Å². The van der Waals surface area contributed by atoms with E-state index in [1.54, 1.807) is 11.3 Å². The van der Waals surface area contributed by atoms with Crippen LogP contribution in [0.2, 0.25) is 0 Å². The molecule has 2 aromatic rings. The number of nitrogens with zero attached hydrogens (tertiary/aromatic N) is 2. The molecule has 1 aliphatic heterocycles. The van der Waals surface area contributed by atoms with Gasteiger partial charge in [0.25, 0.3) is 0 Å². The summed E-state index contributed by atoms with van der Waals surface area (Å²) in [4.78, 5) is 16.0. The molecular weight excluding hydrogens is 368 g/mol. The van der Waals surface area contributed by atoms with E-state index in [4.69, 9.17) is 0 Å². The minimum absolute atomic E-state index is 0.178. The fourth-order valence-electron chi connectivity index (χ4n) is 4.21. The van der Waals surface area contributed by atoms with Crippen LogP contribution in [0.1, 0.15) is 53.7 Å². The number of hydrogen-bond acceptors (Lipinski definition) is 4. The molecule has 28 heavy (non-hydrogen) atoms. The predicted molar refractivity (Wildman–Crippen MR) is 112 cm³/mol. The van der Waals surface area contributed by atoms with Gasteiger partial charge in [-0.05, 0) is 30.4 Å². The Labute approximate surface area is 170 Å². The van der Waals surface area contributed by atoms with E-state index >= 15 is 0 Å². The molecule has 2 aliphatic rings. The molecule has 0 radical (unpaired) electrons. The van der Waals surface area contributed by atoms with E-state index in [9.17, 15) is 10.1 Å². The first-order valence-corrected chi connectivity index (χ1v) is 10.9. The smallest absolute Gasteiger partial charge is 0.320 e. The van der Waals surface area contributed by atoms with E-state index in [1.807, 2.05) is 6.07 Å². The second-order valence-corrected chi connectivity index (χ2v) is 8.80. The number of thiophene rings is 1. The third-order valence-corrected chi connectivity index (χ3v) is 6.80. The number of amides is 2. The maximum Gasteiger partial charge on any atom is 0.320 e. The number of urea groups is 1. The molecule has 0 spiro atoms. The van der Waals surface area contributed by atoms with E-state index in [2.05, 4.69) is 45.9 Å². The Morgan fingerprint density at radius 3 is 2.75 bits per heavy atom. The van der Waals surface area contributed by atoms with Crippen molar-refractivity contribution in [3.8, 4) is 6.07 Å². The second-order valence-electron chi connectivity index (χ2n) is 7.70. The first-order valence-electron chi connectivity index (χ1n) is 10.1. The molecular formula is C22H26N4OS. The summed E-state index contributed by atoms with van der Waals surface area (Å²) in [6, 6.07) is 12.9. The summed E-state index contributed by atoms with van der Waals surface area (Å²) >= 11 is 1.56. The minimum atomic E-state index is -0.178. The highest BCUT2D eigenvalue weighted by Gasteiger charge is 2.26. The fourth-order valence-corrected chi connectivity index (χ4v) is 5.45. The van der Waals surface area contributed by atoms with Crippen LogP contribution in [-0.4, -0.2) is 23.5 Å². The zero-order chi connectivity index (χ0) is 19.3. The monoisotopic (exact) mass is 394 g/mol. The van der Waals surface area contributed by atoms with Gasteiger partial charge < -0.3 is 5.32 Å². The summed E-state index contributed by atoms with van der Waals surface area (Å²) in [5.74, 6) is 0. The zero-order valence-electron chi connectivity index (χ0n) is 16.0. The number of hydrogen-bond donors (Lipinski definition) is 2. The average Bonchev–Trinajstić information content (AvgIpc) is 3.05. The van der Waals surface area contributed by atoms with Crippen LogP contribution in [0, 0.1) is 11.3 Å². The summed E-state index contributed by atoms with van der Waals surface area (Å²) in [5.41, 5.74) is 3.07. The predicted octanol–water partition coefficient (Wildman–Crippen LogP) is 4.63. The molecule has 4 rings (SSSR count). The van der Waals surface area contributed by atoms with E-state index in [1.165, 1.54) is 29.7 Å². The standard InChI is InChI=1S/C22H26N4OS/c23-13-19-18-11-12-26(14-16-7-3-1-4-8-16)15-20(18)28-21(19)25-22(27)24-17-9-5-2-6-10-17/h1,3-4,7-8,17H,2,5-6,9-12,14-15H2,(H2,24,25,27). The van der Waals surface area contributed by atoms with Crippen LogP contribution in [0.3, 0.4) is 0 Å². The molecule has 1 aromatic carbocycles. The summed E-state index contributed by atoms with van der Waals surface area (Å²) in [5, 5.41) is 16.4. The molecule has 0 unspecified atom stereocenters. The van der Waals surface area contributed by atoms with Crippen LogP contribution < -0.4 is 10.6 Å². The first-order chi connectivity index (χ1) is 13.7. The SMILES string of the molecule is N#Cc1c(NC(=O)NC2CCCCC2)sc2c1CCN(Cc1ccccc1)C2. The third-order valence-electron chi connectivity index (χ3n) is 5.66. The number of carbonyl (C=O) groups is 1. The number of anilines is 1. The molecule has 1 saturated carbocycles. The van der Waals surface area contributed by atoms with Crippen molar-refractivity contribution in [2.45, 2.75) is 57.7 Å². The van der Waals surface area contributed by atoms with Crippen molar-refractivity contribution < 1.29 is 4.79 Å². The Balaban J connectivity index is 1.42. The van der Waals surface area contributed by atoms with Gasteiger partial charge in [-0.2, -0.15) is 5.26 Å². The highest BCUT2D eigenvalue weighted by molar-refractivity contribution is 7.16. The molecule has 5 nitrogen and oxygen atoms in total. The molecule has 1 fully saturated rings. The van der Waals surface area contributed by atoms with Crippen molar-refractivity contribution in [1.82, 2.24) is 10.2 Å². The van der Waals surface area contributed by atoms with Crippen molar-refractivity contribution in [2.75, 3.05) is 11.9 Å². The van der Waals surface area contributed by atoms with Crippen LogP contribution in [-0.2, 0) is 19.5 Å². The Morgan fingerprint density at radius 1 is 1.21 bits per heavy atom. The van der Waals surface area contributed by atoms with E-state index < -0.39 is 0 Å². The molecule has 0 atom stereocenters. The van der Waals surface area contributed by atoms with Gasteiger partial charge in [0, 0.05) is 30.6 Å². The lowest BCUT2D eigenvalue weighted by Gasteiger charge is -2.26. The number of nitrogens with one attached hydrogen (secondary N) is 2. The van der Waals surface area contributed by atoms with Gasteiger partial charge in [0.2, 0.25) is 0 Å². The fraction of sp³-hybridized carbons (Fsp3) is 0.455. The maximum atomic E-state index is 12.4. The van der Waals surface area contributed by atoms with E-state index in [-0.39, 0.29) is 12.1 Å². The largest absolute Gasteiger partial charge is 0.335 e. The molecule has 1 aromatic heterocycles. The number of benzene rings is 1. The third kappa shape index (κ3) is 4.37. The number of fused-ring (bicyclic) bond motifs is 1. The van der Waals surface area contributed by atoms with Gasteiger partial charge in [0.1, 0.15) is 11.1 Å². The summed E-state index contributed by atoms with van der Waals surface area (Å²) in [7, 11) is 0. The van der Waals surface area contributed by atoms with Gasteiger partial charge in [-0.1, -0.05) is 49.6 Å². The minimum Gasteiger partial charge on any atom is -0.335 e. The molecule has 0 saturated heterocycles. The molecule has 6 heteroatoms. The van der Waals surface area contributed by atoms with Gasteiger partial charge >= 0.3 is 6.03 Å². The van der Waals surface area contributed by atoms with Gasteiger partial charge in [0.05, 0.1) is 5.56 Å². The molecule has 2 heterocycles. The molecule has 146 valence electrons. The number of rotatable bonds is 4. The second kappa shape index (κ2) is 8.76. The highest BCUT2D eigenvalue weighted by atomic mass is 32.1. The van der Waals surface area contributed by atoms with Gasteiger partial charge in [-0.15, -0.1) is 11.3 Å². The lowest BCUT2D eigenvalue weighted by Crippen LogP contribution is -2.38.